The number of carbonyl (C=O) groups is 2. The Hall–Kier alpha value is -2.13. The summed E-state index contributed by atoms with van der Waals surface area (Å²) in [5.41, 5.74) is -0.236. The summed E-state index contributed by atoms with van der Waals surface area (Å²) >= 11 is 0. The molecule has 4 atom stereocenters. The lowest BCUT2D eigenvalue weighted by atomic mass is 9.66. The molecule has 33 heavy (non-hydrogen) atoms. The van der Waals surface area contributed by atoms with E-state index >= 15 is 0 Å². The molecule has 4 unspecified atom stereocenters. The number of amides is 2. The van der Waals surface area contributed by atoms with Crippen LogP contribution in [-0.4, -0.2) is 82.6 Å². The summed E-state index contributed by atoms with van der Waals surface area (Å²) in [6.45, 7) is 0.618. The van der Waals surface area contributed by atoms with E-state index in [9.17, 15) is 27.9 Å². The number of hydrogen-bond donors (Lipinski definition) is 1. The highest BCUT2D eigenvalue weighted by atomic mass is 19.4. The summed E-state index contributed by atoms with van der Waals surface area (Å²) in [6.07, 6.45) is -0.761. The van der Waals surface area contributed by atoms with Crippen molar-refractivity contribution in [2.75, 3.05) is 32.7 Å². The lowest BCUT2D eigenvalue weighted by Gasteiger charge is -2.54. The first-order valence-corrected chi connectivity index (χ1v) is 11.7. The van der Waals surface area contributed by atoms with Crippen LogP contribution in [0.2, 0.25) is 0 Å². The van der Waals surface area contributed by atoms with E-state index in [1.54, 1.807) is 4.90 Å². The highest BCUT2D eigenvalue weighted by molar-refractivity contribution is 5.84. The maximum absolute atomic E-state index is 13.7. The van der Waals surface area contributed by atoms with Crippen molar-refractivity contribution in [3.8, 4) is 0 Å². The summed E-state index contributed by atoms with van der Waals surface area (Å²) in [7, 11) is 0. The van der Waals surface area contributed by atoms with Gasteiger partial charge >= 0.3 is 6.18 Å². The normalized spacial score (nSPS) is 31.2. The van der Waals surface area contributed by atoms with Crippen molar-refractivity contribution in [1.29, 1.82) is 0 Å². The Morgan fingerprint density at radius 3 is 2.45 bits per heavy atom. The van der Waals surface area contributed by atoms with Crippen LogP contribution in [0.5, 0.6) is 0 Å². The van der Waals surface area contributed by atoms with Crippen LogP contribution < -0.4 is 0 Å². The lowest BCUT2D eigenvalue weighted by Crippen LogP contribution is -2.66. The molecule has 2 aliphatic heterocycles. The molecule has 1 aromatic carbocycles. The van der Waals surface area contributed by atoms with Crippen LogP contribution in [0.3, 0.4) is 0 Å². The zero-order chi connectivity index (χ0) is 23.8. The molecule has 0 radical (unpaired) electrons. The van der Waals surface area contributed by atoms with Gasteiger partial charge in [-0.3, -0.25) is 14.5 Å². The second-order valence-corrected chi connectivity index (χ2v) is 9.60. The van der Waals surface area contributed by atoms with E-state index in [0.717, 1.165) is 29.7 Å². The number of piperidine rings is 1. The number of nitrogens with zero attached hydrogens (tertiary/aromatic N) is 3. The van der Waals surface area contributed by atoms with Gasteiger partial charge in [-0.05, 0) is 24.8 Å². The van der Waals surface area contributed by atoms with Crippen LogP contribution in [0.25, 0.3) is 0 Å². The summed E-state index contributed by atoms with van der Waals surface area (Å²) in [5, 5.41) is 11.7. The fourth-order valence-corrected chi connectivity index (χ4v) is 5.99. The molecule has 2 amide bonds. The van der Waals surface area contributed by atoms with Crippen molar-refractivity contribution in [1.82, 2.24) is 14.7 Å². The Balaban J connectivity index is 1.60. The van der Waals surface area contributed by atoms with Gasteiger partial charge in [0.1, 0.15) is 6.04 Å². The van der Waals surface area contributed by atoms with Crippen molar-refractivity contribution >= 4 is 11.8 Å². The Bertz CT molecular complexity index is 866. The third kappa shape index (κ3) is 4.89. The van der Waals surface area contributed by atoms with Crippen molar-refractivity contribution in [2.24, 2.45) is 5.92 Å². The van der Waals surface area contributed by atoms with Crippen LogP contribution in [-0.2, 0) is 15.2 Å². The maximum atomic E-state index is 13.7. The predicted molar refractivity (Wildman–Crippen MR) is 116 cm³/mol. The van der Waals surface area contributed by atoms with Crippen LogP contribution in [0.15, 0.2) is 30.3 Å². The highest BCUT2D eigenvalue weighted by Gasteiger charge is 2.52. The van der Waals surface area contributed by atoms with Gasteiger partial charge in [-0.25, -0.2) is 0 Å². The molecular weight excluding hydrogens is 435 g/mol. The molecule has 1 saturated carbocycles. The molecular formula is C24H32F3N3O3. The summed E-state index contributed by atoms with van der Waals surface area (Å²) in [5.74, 6) is -0.778. The van der Waals surface area contributed by atoms with Crippen molar-refractivity contribution in [2.45, 2.75) is 62.9 Å². The van der Waals surface area contributed by atoms with Crippen molar-refractivity contribution in [3.05, 3.63) is 35.9 Å². The van der Waals surface area contributed by atoms with E-state index in [1.807, 2.05) is 30.3 Å². The maximum Gasteiger partial charge on any atom is 0.401 e. The number of rotatable bonds is 3. The standard InChI is InChI=1S/C24H32F3N3O3/c1-17(31)28-13-14-29(16-24(25,26)27)21(15-28)22(32)30-12-11-23(33,18-7-3-2-4-8-18)19-9-5-6-10-20(19)30/h2-4,7-8,19-21,33H,5-6,9-16H2,1H3. The second-order valence-electron chi connectivity index (χ2n) is 9.60. The Kier molecular flexibility index (Phi) is 6.73. The minimum absolute atomic E-state index is 0.00534. The SMILES string of the molecule is CC(=O)N1CCN(CC(F)(F)F)C(C(=O)N2CCC(O)(c3ccccc3)C3CCCCC32)C1. The number of hydrogen-bond acceptors (Lipinski definition) is 4. The van der Waals surface area contributed by atoms with Crippen LogP contribution in [0.4, 0.5) is 13.2 Å². The first-order chi connectivity index (χ1) is 15.6. The van der Waals surface area contributed by atoms with Gasteiger partial charge < -0.3 is 14.9 Å². The number of alkyl halides is 3. The number of piperazine rings is 1. The summed E-state index contributed by atoms with van der Waals surface area (Å²) < 4.78 is 39.8. The highest BCUT2D eigenvalue weighted by Crippen LogP contribution is 2.47. The molecule has 3 fully saturated rings. The molecule has 2 heterocycles. The van der Waals surface area contributed by atoms with E-state index in [4.69, 9.17) is 0 Å². The van der Waals surface area contributed by atoms with E-state index in [0.29, 0.717) is 12.8 Å². The second kappa shape index (κ2) is 9.25. The van der Waals surface area contributed by atoms with E-state index in [-0.39, 0.29) is 50.0 Å². The van der Waals surface area contributed by atoms with Gasteiger partial charge in [0, 0.05) is 45.1 Å². The molecule has 1 N–H and O–H groups in total. The van der Waals surface area contributed by atoms with Gasteiger partial charge in [0.2, 0.25) is 11.8 Å². The monoisotopic (exact) mass is 467 g/mol. The minimum Gasteiger partial charge on any atom is -0.385 e. The third-order valence-corrected chi connectivity index (χ3v) is 7.64. The third-order valence-electron chi connectivity index (χ3n) is 7.64. The number of fused-ring (bicyclic) bond motifs is 1. The largest absolute Gasteiger partial charge is 0.401 e. The molecule has 1 aromatic rings. The average Bonchev–Trinajstić information content (AvgIpc) is 2.79. The Labute approximate surface area is 192 Å². The zero-order valence-corrected chi connectivity index (χ0v) is 18.9. The zero-order valence-electron chi connectivity index (χ0n) is 18.9. The van der Waals surface area contributed by atoms with Gasteiger partial charge in [0.15, 0.2) is 0 Å². The van der Waals surface area contributed by atoms with Gasteiger partial charge in [-0.15, -0.1) is 0 Å². The van der Waals surface area contributed by atoms with Crippen molar-refractivity contribution < 1.29 is 27.9 Å². The fourth-order valence-electron chi connectivity index (χ4n) is 5.99. The number of benzene rings is 1. The molecule has 0 bridgehead atoms. The van der Waals surface area contributed by atoms with Crippen LogP contribution in [0, 0.1) is 5.92 Å². The van der Waals surface area contributed by atoms with Gasteiger partial charge in [-0.1, -0.05) is 43.2 Å². The van der Waals surface area contributed by atoms with Gasteiger partial charge in [0.25, 0.3) is 0 Å². The number of halogens is 3. The molecule has 182 valence electrons. The number of carbonyl (C=O) groups excluding carboxylic acids is 2. The molecule has 9 heteroatoms. The topological polar surface area (TPSA) is 64.1 Å². The van der Waals surface area contributed by atoms with Gasteiger partial charge in [-0.2, -0.15) is 13.2 Å². The fraction of sp³-hybridized carbons (Fsp3) is 0.667. The molecule has 6 nitrogen and oxygen atoms in total. The smallest absolute Gasteiger partial charge is 0.385 e. The minimum atomic E-state index is -4.43. The van der Waals surface area contributed by atoms with E-state index in [1.165, 1.54) is 11.8 Å². The molecule has 0 aromatic heterocycles. The van der Waals surface area contributed by atoms with Crippen LogP contribution >= 0.6 is 0 Å². The average molecular weight is 468 g/mol. The Morgan fingerprint density at radius 2 is 1.79 bits per heavy atom. The quantitative estimate of drug-likeness (QED) is 0.743. The first-order valence-electron chi connectivity index (χ1n) is 11.7. The molecule has 4 rings (SSSR count). The van der Waals surface area contributed by atoms with Crippen molar-refractivity contribution in [3.63, 3.8) is 0 Å². The Morgan fingerprint density at radius 1 is 1.09 bits per heavy atom. The number of aliphatic hydroxyl groups is 1. The molecule has 1 aliphatic carbocycles. The first kappa shape index (κ1) is 24.0. The molecule has 0 spiro atoms. The van der Waals surface area contributed by atoms with E-state index in [2.05, 4.69) is 0 Å². The predicted octanol–water partition coefficient (Wildman–Crippen LogP) is 2.76. The van der Waals surface area contributed by atoms with Gasteiger partial charge in [0.05, 0.1) is 12.1 Å². The summed E-state index contributed by atoms with van der Waals surface area (Å²) in [4.78, 5) is 30.0. The number of likely N-dealkylation sites (tertiary alicyclic amines) is 1. The van der Waals surface area contributed by atoms with E-state index < -0.39 is 24.4 Å². The van der Waals surface area contributed by atoms with Crippen LogP contribution in [0.1, 0.15) is 44.6 Å². The lowest BCUT2D eigenvalue weighted by molar-refractivity contribution is -0.174. The molecule has 3 aliphatic rings. The molecule has 2 saturated heterocycles. The summed E-state index contributed by atoms with van der Waals surface area (Å²) in [6, 6.07) is 8.20.